The SMILES string of the molecule is Cc1ccc(NC(=O)[C@H]2CN(CC(=O)O)C[C@@H]2c2noc(C3CC(CC(C)(C)C)C3)c2C2CC2)c(Cl)c1. The highest BCUT2D eigenvalue weighted by Crippen LogP contribution is 2.54. The molecule has 2 atom stereocenters. The Hall–Kier alpha value is -2.38. The van der Waals surface area contributed by atoms with Crippen LogP contribution in [0, 0.1) is 24.2 Å². The molecule has 1 saturated heterocycles. The number of carboxylic acids is 1. The van der Waals surface area contributed by atoms with Gasteiger partial charge in [-0.25, -0.2) is 0 Å². The topological polar surface area (TPSA) is 95.7 Å². The van der Waals surface area contributed by atoms with Crippen molar-refractivity contribution in [1.29, 1.82) is 0 Å². The fourth-order valence-electron chi connectivity index (χ4n) is 6.34. The molecule has 0 spiro atoms. The number of carbonyl (C=O) groups excluding carboxylic acids is 1. The van der Waals surface area contributed by atoms with Gasteiger partial charge in [0.2, 0.25) is 5.91 Å². The molecule has 5 rings (SSSR count). The predicted molar refractivity (Wildman–Crippen MR) is 143 cm³/mol. The third-order valence-electron chi connectivity index (χ3n) is 8.10. The summed E-state index contributed by atoms with van der Waals surface area (Å²) in [6.07, 6.45) is 5.68. The Kier molecular flexibility index (Phi) is 7.14. The summed E-state index contributed by atoms with van der Waals surface area (Å²) in [6.45, 7) is 9.54. The highest BCUT2D eigenvalue weighted by molar-refractivity contribution is 6.33. The number of hydrogen-bond acceptors (Lipinski definition) is 5. The standard InChI is InChI=1S/C29H38ClN3O4/c1-16-5-8-23(22(30)9-16)31-28(36)21-14-33(15-24(34)35)13-20(21)26-25(18-6-7-18)27(37-32-26)19-10-17(11-19)12-29(2,3)4/h5,8-9,17-21H,6-7,10-15H2,1-4H3,(H,31,36)(H,34,35)/t17?,19?,20-,21-/m0/s1. The summed E-state index contributed by atoms with van der Waals surface area (Å²) in [4.78, 5) is 26.9. The van der Waals surface area contributed by atoms with Crippen molar-refractivity contribution in [3.8, 4) is 0 Å². The highest BCUT2D eigenvalue weighted by atomic mass is 35.5. The fraction of sp³-hybridized carbons (Fsp3) is 0.621. The van der Waals surface area contributed by atoms with Crippen LogP contribution in [0.25, 0.3) is 0 Å². The van der Waals surface area contributed by atoms with Gasteiger partial charge in [0.15, 0.2) is 0 Å². The normalized spacial score (nSPS) is 26.2. The van der Waals surface area contributed by atoms with Crippen molar-refractivity contribution >= 4 is 29.2 Å². The number of aryl methyl sites for hydroxylation is 1. The second-order valence-electron chi connectivity index (χ2n) is 12.7. The van der Waals surface area contributed by atoms with E-state index in [-0.39, 0.29) is 18.4 Å². The number of benzene rings is 1. The number of carbonyl (C=O) groups is 2. The molecular weight excluding hydrogens is 490 g/mol. The van der Waals surface area contributed by atoms with E-state index in [0.717, 1.165) is 42.7 Å². The quantitative estimate of drug-likeness (QED) is 0.425. The number of anilines is 1. The largest absolute Gasteiger partial charge is 0.480 e. The van der Waals surface area contributed by atoms with Crippen molar-refractivity contribution < 1.29 is 19.2 Å². The van der Waals surface area contributed by atoms with E-state index in [0.29, 0.717) is 47.0 Å². The summed E-state index contributed by atoms with van der Waals surface area (Å²) in [5, 5.41) is 17.5. The molecule has 1 aromatic heterocycles. The molecule has 3 aliphatic rings. The minimum atomic E-state index is -0.899. The maximum atomic E-state index is 13.5. The van der Waals surface area contributed by atoms with Gasteiger partial charge >= 0.3 is 5.97 Å². The maximum absolute atomic E-state index is 13.5. The zero-order chi connectivity index (χ0) is 26.5. The minimum Gasteiger partial charge on any atom is -0.480 e. The number of carboxylic acid groups (broad SMARTS) is 1. The maximum Gasteiger partial charge on any atom is 0.317 e. The highest BCUT2D eigenvalue weighted by Gasteiger charge is 2.47. The number of aromatic nitrogens is 1. The van der Waals surface area contributed by atoms with Gasteiger partial charge in [0.1, 0.15) is 5.76 Å². The van der Waals surface area contributed by atoms with Gasteiger partial charge in [0.25, 0.3) is 0 Å². The van der Waals surface area contributed by atoms with Gasteiger partial charge in [-0.15, -0.1) is 0 Å². The Balaban J connectivity index is 1.39. The van der Waals surface area contributed by atoms with Crippen LogP contribution in [-0.2, 0) is 9.59 Å². The lowest BCUT2D eigenvalue weighted by molar-refractivity contribution is -0.138. The minimum absolute atomic E-state index is 0.105. The molecule has 200 valence electrons. The van der Waals surface area contributed by atoms with Gasteiger partial charge in [-0.1, -0.05) is 43.6 Å². The van der Waals surface area contributed by atoms with Crippen molar-refractivity contribution in [2.45, 2.75) is 77.6 Å². The number of hydrogen-bond donors (Lipinski definition) is 2. The molecule has 3 fully saturated rings. The van der Waals surface area contributed by atoms with E-state index in [1.165, 1.54) is 12.0 Å². The number of nitrogens with zero attached hydrogens (tertiary/aromatic N) is 2. The molecule has 2 heterocycles. The van der Waals surface area contributed by atoms with Gasteiger partial charge in [0.05, 0.1) is 28.9 Å². The molecule has 7 nitrogen and oxygen atoms in total. The number of rotatable bonds is 8. The van der Waals surface area contributed by atoms with Crippen LogP contribution in [0.1, 0.15) is 93.2 Å². The molecule has 2 N–H and O–H groups in total. The first kappa shape index (κ1) is 26.2. The van der Waals surface area contributed by atoms with E-state index in [2.05, 4.69) is 31.2 Å². The van der Waals surface area contributed by atoms with E-state index >= 15 is 0 Å². The molecule has 1 aromatic carbocycles. The Morgan fingerprint density at radius 3 is 2.54 bits per heavy atom. The number of halogens is 1. The van der Waals surface area contributed by atoms with E-state index in [1.807, 2.05) is 30.0 Å². The van der Waals surface area contributed by atoms with Crippen LogP contribution in [0.4, 0.5) is 5.69 Å². The summed E-state index contributed by atoms with van der Waals surface area (Å²) >= 11 is 6.39. The lowest BCUT2D eigenvalue weighted by atomic mass is 9.66. The summed E-state index contributed by atoms with van der Waals surface area (Å²) in [6, 6.07) is 5.54. The van der Waals surface area contributed by atoms with Gasteiger partial charge in [-0.3, -0.25) is 14.5 Å². The van der Waals surface area contributed by atoms with Crippen LogP contribution >= 0.6 is 11.6 Å². The van der Waals surface area contributed by atoms with Gasteiger partial charge in [-0.2, -0.15) is 0 Å². The first-order valence-electron chi connectivity index (χ1n) is 13.5. The molecule has 1 aliphatic heterocycles. The first-order chi connectivity index (χ1) is 17.5. The molecule has 0 unspecified atom stereocenters. The second kappa shape index (κ2) is 10.1. The number of amides is 1. The first-order valence-corrected chi connectivity index (χ1v) is 13.9. The van der Waals surface area contributed by atoms with Crippen LogP contribution in [0.5, 0.6) is 0 Å². The molecule has 2 aliphatic carbocycles. The third kappa shape index (κ3) is 5.88. The zero-order valence-electron chi connectivity index (χ0n) is 22.2. The monoisotopic (exact) mass is 527 g/mol. The van der Waals surface area contributed by atoms with Crippen molar-refractivity contribution in [3.63, 3.8) is 0 Å². The van der Waals surface area contributed by atoms with Crippen molar-refractivity contribution in [2.75, 3.05) is 25.0 Å². The van der Waals surface area contributed by atoms with E-state index in [9.17, 15) is 14.7 Å². The molecule has 0 bridgehead atoms. The summed E-state index contributed by atoms with van der Waals surface area (Å²) in [5.41, 5.74) is 3.96. The summed E-state index contributed by atoms with van der Waals surface area (Å²) < 4.78 is 6.05. The second-order valence-corrected chi connectivity index (χ2v) is 13.1. The van der Waals surface area contributed by atoms with Crippen molar-refractivity contribution in [3.05, 3.63) is 45.8 Å². The lowest BCUT2D eigenvalue weighted by Crippen LogP contribution is -2.31. The zero-order valence-corrected chi connectivity index (χ0v) is 23.0. The van der Waals surface area contributed by atoms with Crippen LogP contribution < -0.4 is 5.32 Å². The smallest absolute Gasteiger partial charge is 0.317 e. The number of nitrogens with one attached hydrogen (secondary N) is 1. The van der Waals surface area contributed by atoms with Crippen LogP contribution in [0.15, 0.2) is 22.7 Å². The Labute approximate surface area is 223 Å². The molecule has 8 heteroatoms. The predicted octanol–water partition coefficient (Wildman–Crippen LogP) is 6.18. The summed E-state index contributed by atoms with van der Waals surface area (Å²) in [5.74, 6) is 0.819. The lowest BCUT2D eigenvalue weighted by Gasteiger charge is -2.38. The van der Waals surface area contributed by atoms with Gasteiger partial charge < -0.3 is 14.9 Å². The van der Waals surface area contributed by atoms with Crippen molar-refractivity contribution in [2.24, 2.45) is 17.3 Å². The summed E-state index contributed by atoms with van der Waals surface area (Å²) in [7, 11) is 0. The Morgan fingerprint density at radius 2 is 1.92 bits per heavy atom. The van der Waals surface area contributed by atoms with E-state index in [4.69, 9.17) is 16.1 Å². The van der Waals surface area contributed by atoms with E-state index < -0.39 is 11.9 Å². The average molecular weight is 528 g/mol. The molecule has 37 heavy (non-hydrogen) atoms. The molecular formula is C29H38ClN3O4. The molecule has 1 amide bonds. The van der Waals surface area contributed by atoms with Crippen molar-refractivity contribution in [1.82, 2.24) is 10.1 Å². The van der Waals surface area contributed by atoms with Crippen LogP contribution in [0.2, 0.25) is 5.02 Å². The number of aliphatic carboxylic acids is 1. The third-order valence-corrected chi connectivity index (χ3v) is 8.41. The molecule has 2 aromatic rings. The van der Waals surface area contributed by atoms with Gasteiger partial charge in [0, 0.05) is 30.5 Å². The Bertz CT molecular complexity index is 1180. The van der Waals surface area contributed by atoms with Crippen LogP contribution in [0.3, 0.4) is 0 Å². The van der Waals surface area contributed by atoms with E-state index in [1.54, 1.807) is 0 Å². The molecule has 0 radical (unpaired) electrons. The number of likely N-dealkylation sites (tertiary alicyclic amines) is 1. The van der Waals surface area contributed by atoms with Gasteiger partial charge in [-0.05, 0) is 74.0 Å². The molecule has 2 saturated carbocycles. The Morgan fingerprint density at radius 1 is 1.19 bits per heavy atom. The average Bonchev–Trinajstić information content (AvgIpc) is 3.38. The van der Waals surface area contributed by atoms with Crippen LogP contribution in [-0.4, -0.2) is 46.7 Å². The fourth-order valence-corrected chi connectivity index (χ4v) is 6.63.